The molecule has 0 spiro atoms. The maximum atomic E-state index is 13.0. The minimum atomic E-state index is -0.00325. The SMILES string of the molecule is COc1ccc(N2CCN(C(=O)c3cnc(-c4ccccc4)nc3C)CC2)cc1. The van der Waals surface area contributed by atoms with E-state index in [-0.39, 0.29) is 5.91 Å². The van der Waals surface area contributed by atoms with Gasteiger partial charge in [0.15, 0.2) is 5.82 Å². The van der Waals surface area contributed by atoms with Crippen LogP contribution in [0.2, 0.25) is 0 Å². The fourth-order valence-corrected chi connectivity index (χ4v) is 3.53. The molecular formula is C23H24N4O2. The Morgan fingerprint density at radius 2 is 1.66 bits per heavy atom. The first-order chi connectivity index (χ1) is 14.2. The van der Waals surface area contributed by atoms with Crippen LogP contribution >= 0.6 is 0 Å². The monoisotopic (exact) mass is 388 g/mol. The molecule has 0 radical (unpaired) electrons. The number of carbonyl (C=O) groups excluding carboxylic acids is 1. The van der Waals surface area contributed by atoms with Gasteiger partial charge in [0.1, 0.15) is 5.75 Å². The second kappa shape index (κ2) is 8.31. The van der Waals surface area contributed by atoms with Crippen LogP contribution in [0.3, 0.4) is 0 Å². The number of ether oxygens (including phenoxy) is 1. The van der Waals surface area contributed by atoms with E-state index < -0.39 is 0 Å². The summed E-state index contributed by atoms with van der Waals surface area (Å²) in [6.07, 6.45) is 1.66. The fourth-order valence-electron chi connectivity index (χ4n) is 3.53. The number of aromatic nitrogens is 2. The molecule has 148 valence electrons. The van der Waals surface area contributed by atoms with E-state index in [1.807, 2.05) is 54.3 Å². The quantitative estimate of drug-likeness (QED) is 0.685. The molecule has 2 aromatic carbocycles. The Hall–Kier alpha value is -3.41. The lowest BCUT2D eigenvalue weighted by Crippen LogP contribution is -2.49. The minimum absolute atomic E-state index is 0.00325. The van der Waals surface area contributed by atoms with Gasteiger partial charge in [-0.3, -0.25) is 4.79 Å². The summed E-state index contributed by atoms with van der Waals surface area (Å²) in [5.41, 5.74) is 3.37. The average molecular weight is 388 g/mol. The van der Waals surface area contributed by atoms with E-state index in [1.165, 1.54) is 0 Å². The summed E-state index contributed by atoms with van der Waals surface area (Å²) in [7, 11) is 1.66. The van der Waals surface area contributed by atoms with Crippen LogP contribution < -0.4 is 9.64 Å². The van der Waals surface area contributed by atoms with Gasteiger partial charge in [0.05, 0.1) is 18.4 Å². The van der Waals surface area contributed by atoms with E-state index in [9.17, 15) is 4.79 Å². The summed E-state index contributed by atoms with van der Waals surface area (Å²) in [4.78, 5) is 26.2. The number of methoxy groups -OCH3 is 1. The minimum Gasteiger partial charge on any atom is -0.497 e. The lowest BCUT2D eigenvalue weighted by molar-refractivity contribution is 0.0745. The Morgan fingerprint density at radius 3 is 2.28 bits per heavy atom. The Bertz CT molecular complexity index is 982. The molecule has 6 heteroatoms. The van der Waals surface area contributed by atoms with Crippen molar-refractivity contribution < 1.29 is 9.53 Å². The van der Waals surface area contributed by atoms with Crippen LogP contribution in [0.1, 0.15) is 16.1 Å². The predicted octanol–water partition coefficient (Wildman–Crippen LogP) is 3.42. The maximum absolute atomic E-state index is 13.0. The van der Waals surface area contributed by atoms with Crippen molar-refractivity contribution in [2.75, 3.05) is 38.2 Å². The van der Waals surface area contributed by atoms with Crippen LogP contribution in [-0.4, -0.2) is 54.1 Å². The van der Waals surface area contributed by atoms with Crippen LogP contribution in [-0.2, 0) is 0 Å². The normalized spacial score (nSPS) is 14.0. The summed E-state index contributed by atoms with van der Waals surface area (Å²) in [5.74, 6) is 1.48. The number of amides is 1. The van der Waals surface area contributed by atoms with Crippen LogP contribution in [0.5, 0.6) is 5.75 Å². The van der Waals surface area contributed by atoms with Gasteiger partial charge in [-0.05, 0) is 31.2 Å². The molecule has 4 rings (SSSR count). The molecule has 0 saturated carbocycles. The third-order valence-corrected chi connectivity index (χ3v) is 5.25. The summed E-state index contributed by atoms with van der Waals surface area (Å²) in [6, 6.07) is 17.8. The van der Waals surface area contributed by atoms with E-state index >= 15 is 0 Å². The summed E-state index contributed by atoms with van der Waals surface area (Å²) in [6.45, 7) is 4.80. The predicted molar refractivity (Wildman–Crippen MR) is 113 cm³/mol. The lowest BCUT2D eigenvalue weighted by Gasteiger charge is -2.36. The van der Waals surface area contributed by atoms with Gasteiger partial charge >= 0.3 is 0 Å². The molecule has 1 aliphatic rings. The van der Waals surface area contributed by atoms with Crippen molar-refractivity contribution >= 4 is 11.6 Å². The topological polar surface area (TPSA) is 58.6 Å². The first kappa shape index (κ1) is 18.9. The molecule has 0 unspecified atom stereocenters. The second-order valence-electron chi connectivity index (χ2n) is 7.04. The third kappa shape index (κ3) is 4.06. The van der Waals surface area contributed by atoms with Crippen molar-refractivity contribution in [1.82, 2.24) is 14.9 Å². The van der Waals surface area contributed by atoms with Crippen LogP contribution in [0.15, 0.2) is 60.8 Å². The van der Waals surface area contributed by atoms with E-state index in [4.69, 9.17) is 4.74 Å². The summed E-state index contributed by atoms with van der Waals surface area (Å²) in [5, 5.41) is 0. The largest absolute Gasteiger partial charge is 0.497 e. The molecular weight excluding hydrogens is 364 g/mol. The molecule has 1 aromatic heterocycles. The molecule has 1 amide bonds. The van der Waals surface area contributed by atoms with Gasteiger partial charge in [-0.15, -0.1) is 0 Å². The molecule has 2 heterocycles. The highest BCUT2D eigenvalue weighted by atomic mass is 16.5. The van der Waals surface area contributed by atoms with E-state index in [2.05, 4.69) is 27.0 Å². The van der Waals surface area contributed by atoms with Gasteiger partial charge < -0.3 is 14.5 Å². The highest BCUT2D eigenvalue weighted by Gasteiger charge is 2.24. The van der Waals surface area contributed by atoms with E-state index in [0.29, 0.717) is 30.2 Å². The van der Waals surface area contributed by atoms with Gasteiger partial charge in [0, 0.05) is 43.6 Å². The Morgan fingerprint density at radius 1 is 0.966 bits per heavy atom. The van der Waals surface area contributed by atoms with Crippen molar-refractivity contribution in [3.63, 3.8) is 0 Å². The molecule has 0 aliphatic carbocycles. The second-order valence-corrected chi connectivity index (χ2v) is 7.04. The summed E-state index contributed by atoms with van der Waals surface area (Å²) >= 11 is 0. The van der Waals surface area contributed by atoms with Crippen molar-refractivity contribution in [2.45, 2.75) is 6.92 Å². The number of anilines is 1. The highest BCUT2D eigenvalue weighted by molar-refractivity contribution is 5.95. The molecule has 1 fully saturated rings. The molecule has 29 heavy (non-hydrogen) atoms. The number of piperazine rings is 1. The van der Waals surface area contributed by atoms with Crippen molar-refractivity contribution in [3.05, 3.63) is 72.1 Å². The number of hydrogen-bond donors (Lipinski definition) is 0. The zero-order valence-corrected chi connectivity index (χ0v) is 16.7. The Labute approximate surface area is 170 Å². The lowest BCUT2D eigenvalue weighted by atomic mass is 10.1. The maximum Gasteiger partial charge on any atom is 0.257 e. The van der Waals surface area contributed by atoms with E-state index in [1.54, 1.807) is 13.3 Å². The summed E-state index contributed by atoms with van der Waals surface area (Å²) < 4.78 is 5.22. The van der Waals surface area contributed by atoms with Gasteiger partial charge in [0.2, 0.25) is 0 Å². The van der Waals surface area contributed by atoms with Crippen molar-refractivity contribution in [2.24, 2.45) is 0 Å². The van der Waals surface area contributed by atoms with Gasteiger partial charge in [0.25, 0.3) is 5.91 Å². The van der Waals surface area contributed by atoms with Crippen molar-refractivity contribution in [3.8, 4) is 17.1 Å². The van der Waals surface area contributed by atoms with Gasteiger partial charge in [-0.2, -0.15) is 0 Å². The Balaban J connectivity index is 1.43. The number of rotatable bonds is 4. The number of nitrogens with zero attached hydrogens (tertiary/aromatic N) is 4. The average Bonchev–Trinajstić information content (AvgIpc) is 2.79. The molecule has 3 aromatic rings. The molecule has 1 saturated heterocycles. The van der Waals surface area contributed by atoms with Crippen LogP contribution in [0.25, 0.3) is 11.4 Å². The standard InChI is InChI=1S/C23H24N4O2/c1-17-21(16-24-22(25-17)18-6-4-3-5-7-18)23(28)27-14-12-26(13-15-27)19-8-10-20(29-2)11-9-19/h3-11,16H,12-15H2,1-2H3. The molecule has 0 bridgehead atoms. The number of aryl methyl sites for hydroxylation is 1. The third-order valence-electron chi connectivity index (χ3n) is 5.25. The Kier molecular flexibility index (Phi) is 5.42. The smallest absolute Gasteiger partial charge is 0.257 e. The zero-order valence-electron chi connectivity index (χ0n) is 16.7. The number of carbonyl (C=O) groups is 1. The van der Waals surface area contributed by atoms with Gasteiger partial charge in [-0.1, -0.05) is 30.3 Å². The number of benzene rings is 2. The zero-order chi connectivity index (χ0) is 20.2. The van der Waals surface area contributed by atoms with E-state index in [0.717, 1.165) is 30.1 Å². The molecule has 0 N–H and O–H groups in total. The molecule has 1 aliphatic heterocycles. The molecule has 0 atom stereocenters. The molecule has 6 nitrogen and oxygen atoms in total. The van der Waals surface area contributed by atoms with Crippen LogP contribution in [0, 0.1) is 6.92 Å². The highest BCUT2D eigenvalue weighted by Crippen LogP contribution is 2.22. The fraction of sp³-hybridized carbons (Fsp3) is 0.261. The first-order valence-corrected chi connectivity index (χ1v) is 9.73. The van der Waals surface area contributed by atoms with Crippen molar-refractivity contribution in [1.29, 1.82) is 0 Å². The van der Waals surface area contributed by atoms with Gasteiger partial charge in [-0.25, -0.2) is 9.97 Å². The van der Waals surface area contributed by atoms with Crippen LogP contribution in [0.4, 0.5) is 5.69 Å². The number of hydrogen-bond acceptors (Lipinski definition) is 5. The first-order valence-electron chi connectivity index (χ1n) is 9.73.